The summed E-state index contributed by atoms with van der Waals surface area (Å²) in [5.41, 5.74) is -0.170. The van der Waals surface area contributed by atoms with Gasteiger partial charge in [-0.1, -0.05) is 6.07 Å². The van der Waals surface area contributed by atoms with E-state index >= 15 is 0 Å². The Morgan fingerprint density at radius 2 is 2.14 bits per heavy atom. The van der Waals surface area contributed by atoms with Gasteiger partial charge in [-0.3, -0.25) is 4.79 Å². The molecule has 0 bridgehead atoms. The lowest BCUT2D eigenvalue weighted by atomic mass is 9.93. The van der Waals surface area contributed by atoms with Crippen LogP contribution in [0.3, 0.4) is 0 Å². The first-order chi connectivity index (χ1) is 9.88. The van der Waals surface area contributed by atoms with Crippen molar-refractivity contribution >= 4 is 5.91 Å². The maximum absolute atomic E-state index is 13.3. The number of rotatable bonds is 5. The highest BCUT2D eigenvalue weighted by atomic mass is 19.2. The van der Waals surface area contributed by atoms with E-state index in [9.17, 15) is 13.6 Å². The van der Waals surface area contributed by atoms with E-state index in [1.165, 1.54) is 6.07 Å². The first-order valence-electron chi connectivity index (χ1n) is 7.36. The minimum Gasteiger partial charge on any atom is -0.347 e. The molecule has 2 N–H and O–H groups in total. The quantitative estimate of drug-likeness (QED) is 0.877. The highest BCUT2D eigenvalue weighted by molar-refractivity contribution is 5.76. The van der Waals surface area contributed by atoms with Crippen LogP contribution in [0.25, 0.3) is 0 Å². The van der Waals surface area contributed by atoms with Gasteiger partial charge in [-0.15, -0.1) is 0 Å². The van der Waals surface area contributed by atoms with E-state index in [1.807, 2.05) is 0 Å². The molecule has 1 unspecified atom stereocenters. The molecule has 1 aliphatic rings. The lowest BCUT2D eigenvalue weighted by Gasteiger charge is -2.27. The Balaban J connectivity index is 1.92. The molecule has 1 aromatic carbocycles. The van der Waals surface area contributed by atoms with Crippen LogP contribution in [0.2, 0.25) is 0 Å². The van der Waals surface area contributed by atoms with Crippen LogP contribution >= 0.6 is 0 Å². The molecule has 1 amide bonds. The van der Waals surface area contributed by atoms with Crippen molar-refractivity contribution in [3.63, 3.8) is 0 Å². The molecule has 1 atom stereocenters. The van der Waals surface area contributed by atoms with Crippen molar-refractivity contribution in [1.29, 1.82) is 0 Å². The smallest absolute Gasteiger partial charge is 0.220 e. The van der Waals surface area contributed by atoms with Crippen molar-refractivity contribution in [2.75, 3.05) is 13.1 Å². The number of hydrogen-bond donors (Lipinski definition) is 2. The topological polar surface area (TPSA) is 41.1 Å². The molecule has 116 valence electrons. The Morgan fingerprint density at radius 3 is 2.76 bits per heavy atom. The van der Waals surface area contributed by atoms with Gasteiger partial charge in [-0.05, 0) is 63.4 Å². The van der Waals surface area contributed by atoms with Crippen LogP contribution in [0.5, 0.6) is 0 Å². The van der Waals surface area contributed by atoms with E-state index in [2.05, 4.69) is 10.6 Å². The molecule has 0 aliphatic carbocycles. The van der Waals surface area contributed by atoms with Gasteiger partial charge in [-0.25, -0.2) is 8.78 Å². The maximum Gasteiger partial charge on any atom is 0.220 e. The van der Waals surface area contributed by atoms with Gasteiger partial charge in [0.1, 0.15) is 0 Å². The van der Waals surface area contributed by atoms with Crippen molar-refractivity contribution < 1.29 is 13.6 Å². The summed E-state index contributed by atoms with van der Waals surface area (Å²) in [6, 6.07) is 3.72. The van der Waals surface area contributed by atoms with Crippen LogP contribution in [0, 0.1) is 17.6 Å². The number of carbonyl (C=O) groups excluding carboxylic acids is 1. The third-order valence-corrected chi connectivity index (χ3v) is 4.04. The summed E-state index contributed by atoms with van der Waals surface area (Å²) >= 11 is 0. The highest BCUT2D eigenvalue weighted by Gasteiger charge is 2.24. The molecule has 1 aliphatic heterocycles. The lowest BCUT2D eigenvalue weighted by molar-refractivity contribution is -0.123. The normalized spacial score (nSPS) is 18.8. The van der Waals surface area contributed by atoms with Crippen molar-refractivity contribution in [1.82, 2.24) is 10.6 Å². The molecular weight excluding hydrogens is 274 g/mol. The SMILES string of the molecule is CC(C)(NC(=O)CCC1CCNC1)c1ccc(F)c(F)c1. The molecule has 1 saturated heterocycles. The molecule has 3 nitrogen and oxygen atoms in total. The number of amides is 1. The molecule has 21 heavy (non-hydrogen) atoms. The Kier molecular flexibility index (Phi) is 4.93. The largest absolute Gasteiger partial charge is 0.347 e. The van der Waals surface area contributed by atoms with Crippen molar-refractivity contribution in [2.45, 2.75) is 38.6 Å². The van der Waals surface area contributed by atoms with E-state index in [4.69, 9.17) is 0 Å². The van der Waals surface area contributed by atoms with E-state index < -0.39 is 17.2 Å². The van der Waals surface area contributed by atoms with Gasteiger partial charge in [0.2, 0.25) is 5.91 Å². The van der Waals surface area contributed by atoms with Gasteiger partial charge in [-0.2, -0.15) is 0 Å². The molecule has 0 spiro atoms. The molecule has 5 heteroatoms. The fraction of sp³-hybridized carbons (Fsp3) is 0.562. The zero-order valence-electron chi connectivity index (χ0n) is 12.5. The third kappa shape index (κ3) is 4.24. The summed E-state index contributed by atoms with van der Waals surface area (Å²) in [5, 5.41) is 6.17. The van der Waals surface area contributed by atoms with Crippen LogP contribution in [-0.2, 0) is 10.3 Å². The Bertz CT molecular complexity index is 511. The van der Waals surface area contributed by atoms with Crippen LogP contribution in [0.15, 0.2) is 18.2 Å². The molecule has 2 rings (SSSR count). The zero-order valence-corrected chi connectivity index (χ0v) is 12.5. The first kappa shape index (κ1) is 15.9. The van der Waals surface area contributed by atoms with Gasteiger partial charge in [0.25, 0.3) is 0 Å². The first-order valence-corrected chi connectivity index (χ1v) is 7.36. The van der Waals surface area contributed by atoms with E-state index in [0.717, 1.165) is 38.1 Å². The summed E-state index contributed by atoms with van der Waals surface area (Å²) in [4.78, 5) is 12.0. The zero-order chi connectivity index (χ0) is 15.5. The molecule has 1 heterocycles. The number of hydrogen-bond acceptors (Lipinski definition) is 2. The van der Waals surface area contributed by atoms with Crippen LogP contribution in [0.4, 0.5) is 8.78 Å². The second-order valence-corrected chi connectivity index (χ2v) is 6.20. The van der Waals surface area contributed by atoms with Crippen molar-refractivity contribution in [3.8, 4) is 0 Å². The standard InChI is InChI=1S/C16H22F2N2O/c1-16(2,12-4-5-13(17)14(18)9-12)20-15(21)6-3-11-7-8-19-10-11/h4-5,9,11,19H,3,6-8,10H2,1-2H3,(H,20,21). The summed E-state index contributed by atoms with van der Waals surface area (Å²) in [7, 11) is 0. The van der Waals surface area contributed by atoms with Crippen LogP contribution in [-0.4, -0.2) is 19.0 Å². The molecule has 1 aromatic rings. The Morgan fingerprint density at radius 1 is 1.38 bits per heavy atom. The molecule has 1 fully saturated rings. The molecule has 0 aromatic heterocycles. The van der Waals surface area contributed by atoms with Gasteiger partial charge >= 0.3 is 0 Å². The second-order valence-electron chi connectivity index (χ2n) is 6.20. The molecule has 0 saturated carbocycles. The fourth-order valence-corrected chi connectivity index (χ4v) is 2.66. The third-order valence-electron chi connectivity index (χ3n) is 4.04. The van der Waals surface area contributed by atoms with E-state index in [1.54, 1.807) is 13.8 Å². The van der Waals surface area contributed by atoms with Crippen LogP contribution < -0.4 is 10.6 Å². The fourth-order valence-electron chi connectivity index (χ4n) is 2.66. The lowest BCUT2D eigenvalue weighted by Crippen LogP contribution is -2.41. The van der Waals surface area contributed by atoms with Crippen molar-refractivity contribution in [2.24, 2.45) is 5.92 Å². The summed E-state index contributed by atoms with van der Waals surface area (Å²) in [6.45, 7) is 5.57. The second kappa shape index (κ2) is 6.52. The maximum atomic E-state index is 13.3. The van der Waals surface area contributed by atoms with Gasteiger partial charge in [0.15, 0.2) is 11.6 Å². The highest BCUT2D eigenvalue weighted by Crippen LogP contribution is 2.23. The average Bonchev–Trinajstić information content (AvgIpc) is 2.92. The number of benzene rings is 1. The summed E-state index contributed by atoms with van der Waals surface area (Å²) in [6.07, 6.45) is 2.42. The Hall–Kier alpha value is -1.49. The number of nitrogens with one attached hydrogen (secondary N) is 2. The van der Waals surface area contributed by atoms with Crippen molar-refractivity contribution in [3.05, 3.63) is 35.4 Å². The predicted molar refractivity (Wildman–Crippen MR) is 77.7 cm³/mol. The minimum atomic E-state index is -0.896. The number of carbonyl (C=O) groups is 1. The summed E-state index contributed by atoms with van der Waals surface area (Å²) < 4.78 is 26.3. The monoisotopic (exact) mass is 296 g/mol. The number of halogens is 2. The minimum absolute atomic E-state index is 0.0587. The van der Waals surface area contributed by atoms with E-state index in [0.29, 0.717) is 17.9 Å². The van der Waals surface area contributed by atoms with Gasteiger partial charge in [0, 0.05) is 6.42 Å². The Labute approximate surface area is 124 Å². The van der Waals surface area contributed by atoms with E-state index in [-0.39, 0.29) is 5.91 Å². The predicted octanol–water partition coefficient (Wildman–Crippen LogP) is 2.71. The molecular formula is C16H22F2N2O. The average molecular weight is 296 g/mol. The molecule has 0 radical (unpaired) electrons. The van der Waals surface area contributed by atoms with Gasteiger partial charge < -0.3 is 10.6 Å². The van der Waals surface area contributed by atoms with Gasteiger partial charge in [0.05, 0.1) is 5.54 Å². The summed E-state index contributed by atoms with van der Waals surface area (Å²) in [5.74, 6) is -1.28. The van der Waals surface area contributed by atoms with Crippen LogP contribution in [0.1, 0.15) is 38.7 Å².